The van der Waals surface area contributed by atoms with E-state index in [0.29, 0.717) is 18.2 Å². The Hall–Kier alpha value is -1.63. The number of aromatic nitrogens is 2. The van der Waals surface area contributed by atoms with E-state index in [1.54, 1.807) is 6.07 Å². The number of hydrogen-bond acceptors (Lipinski definition) is 4. The maximum absolute atomic E-state index is 8.54. The second kappa shape index (κ2) is 4.41. The monoisotopic (exact) mass is 177 g/mol. The molecule has 4 nitrogen and oxygen atoms in total. The first-order valence-corrected chi connectivity index (χ1v) is 4.08. The standard InChI is InChI=1S/C9H11N3O/c1-7(2)6-13-9-11-4-3-8(5-10)12-9/h3-4,7H,6H2,1-2H3. The van der Waals surface area contributed by atoms with Crippen molar-refractivity contribution in [1.29, 1.82) is 5.26 Å². The highest BCUT2D eigenvalue weighted by Crippen LogP contribution is 2.03. The third-order valence-electron chi connectivity index (χ3n) is 1.29. The average molecular weight is 177 g/mol. The molecule has 0 amide bonds. The van der Waals surface area contributed by atoms with Crippen molar-refractivity contribution in [3.63, 3.8) is 0 Å². The molecule has 0 saturated carbocycles. The van der Waals surface area contributed by atoms with Crippen LogP contribution in [0.25, 0.3) is 0 Å². The Morgan fingerprint density at radius 2 is 2.38 bits per heavy atom. The SMILES string of the molecule is CC(C)COc1nccc(C#N)n1. The van der Waals surface area contributed by atoms with E-state index in [-0.39, 0.29) is 6.01 Å². The van der Waals surface area contributed by atoms with Gasteiger partial charge in [0.15, 0.2) is 0 Å². The van der Waals surface area contributed by atoms with Gasteiger partial charge < -0.3 is 4.74 Å². The number of ether oxygens (including phenoxy) is 1. The number of nitrogens with zero attached hydrogens (tertiary/aromatic N) is 3. The molecule has 0 unspecified atom stereocenters. The highest BCUT2D eigenvalue weighted by molar-refractivity contribution is 5.19. The van der Waals surface area contributed by atoms with Gasteiger partial charge in [-0.25, -0.2) is 4.98 Å². The summed E-state index contributed by atoms with van der Waals surface area (Å²) in [6.07, 6.45) is 1.52. The van der Waals surface area contributed by atoms with E-state index in [1.165, 1.54) is 6.20 Å². The van der Waals surface area contributed by atoms with Crippen molar-refractivity contribution in [3.05, 3.63) is 18.0 Å². The van der Waals surface area contributed by atoms with Crippen molar-refractivity contribution in [2.24, 2.45) is 5.92 Å². The second-order valence-corrected chi connectivity index (χ2v) is 3.04. The topological polar surface area (TPSA) is 58.8 Å². The molecule has 0 radical (unpaired) electrons. The predicted molar refractivity (Wildman–Crippen MR) is 47.1 cm³/mol. The van der Waals surface area contributed by atoms with Gasteiger partial charge in [-0.3, -0.25) is 0 Å². The van der Waals surface area contributed by atoms with Gasteiger partial charge in [-0.05, 0) is 12.0 Å². The predicted octanol–water partition coefficient (Wildman–Crippen LogP) is 1.38. The van der Waals surface area contributed by atoms with Gasteiger partial charge >= 0.3 is 6.01 Å². The summed E-state index contributed by atoms with van der Waals surface area (Å²) in [6, 6.07) is 3.74. The largest absolute Gasteiger partial charge is 0.463 e. The van der Waals surface area contributed by atoms with Crippen LogP contribution in [0.3, 0.4) is 0 Å². The van der Waals surface area contributed by atoms with Gasteiger partial charge in [0, 0.05) is 6.20 Å². The van der Waals surface area contributed by atoms with Crippen LogP contribution in [-0.4, -0.2) is 16.6 Å². The van der Waals surface area contributed by atoms with Gasteiger partial charge in [-0.2, -0.15) is 10.2 Å². The van der Waals surface area contributed by atoms with Crippen LogP contribution in [0.2, 0.25) is 0 Å². The van der Waals surface area contributed by atoms with Gasteiger partial charge in [0.25, 0.3) is 0 Å². The van der Waals surface area contributed by atoms with E-state index < -0.39 is 0 Å². The molecule has 13 heavy (non-hydrogen) atoms. The molecule has 0 spiro atoms. The van der Waals surface area contributed by atoms with E-state index in [0.717, 1.165) is 0 Å². The van der Waals surface area contributed by atoms with Crippen LogP contribution in [-0.2, 0) is 0 Å². The first kappa shape index (κ1) is 9.46. The van der Waals surface area contributed by atoms with Crippen LogP contribution in [0.5, 0.6) is 6.01 Å². The van der Waals surface area contributed by atoms with E-state index in [1.807, 2.05) is 19.9 Å². The van der Waals surface area contributed by atoms with Crippen molar-refractivity contribution in [3.8, 4) is 12.1 Å². The van der Waals surface area contributed by atoms with E-state index >= 15 is 0 Å². The summed E-state index contributed by atoms with van der Waals surface area (Å²) in [5.41, 5.74) is 0.328. The molecule has 0 aromatic carbocycles. The molecule has 1 heterocycles. The Morgan fingerprint density at radius 1 is 1.62 bits per heavy atom. The molecule has 0 atom stereocenters. The lowest BCUT2D eigenvalue weighted by atomic mass is 10.2. The molecular weight excluding hydrogens is 166 g/mol. The fourth-order valence-corrected chi connectivity index (χ4v) is 0.714. The van der Waals surface area contributed by atoms with Crippen LogP contribution in [0.1, 0.15) is 19.5 Å². The maximum atomic E-state index is 8.54. The Labute approximate surface area is 77.2 Å². The van der Waals surface area contributed by atoms with Crippen LogP contribution in [0.15, 0.2) is 12.3 Å². The van der Waals surface area contributed by atoms with Gasteiger partial charge in [0.1, 0.15) is 11.8 Å². The smallest absolute Gasteiger partial charge is 0.317 e. The summed E-state index contributed by atoms with van der Waals surface area (Å²) < 4.78 is 5.24. The Bertz CT molecular complexity index is 317. The molecular formula is C9H11N3O. The maximum Gasteiger partial charge on any atom is 0.317 e. The summed E-state index contributed by atoms with van der Waals surface area (Å²) in [4.78, 5) is 7.74. The highest BCUT2D eigenvalue weighted by Gasteiger charge is 2.00. The third kappa shape index (κ3) is 3.08. The zero-order valence-electron chi connectivity index (χ0n) is 7.69. The minimum absolute atomic E-state index is 0.271. The van der Waals surface area contributed by atoms with Crippen LogP contribution in [0.4, 0.5) is 0 Å². The number of hydrogen-bond donors (Lipinski definition) is 0. The molecule has 1 aromatic heterocycles. The van der Waals surface area contributed by atoms with Gasteiger partial charge in [-0.1, -0.05) is 13.8 Å². The molecule has 1 aromatic rings. The zero-order valence-corrected chi connectivity index (χ0v) is 7.69. The molecule has 0 saturated heterocycles. The lowest BCUT2D eigenvalue weighted by Crippen LogP contribution is -2.07. The van der Waals surface area contributed by atoms with E-state index in [2.05, 4.69) is 9.97 Å². The van der Waals surface area contributed by atoms with Crippen LogP contribution < -0.4 is 4.74 Å². The Morgan fingerprint density at radius 3 is 3.00 bits per heavy atom. The molecule has 4 heteroatoms. The summed E-state index contributed by atoms with van der Waals surface area (Å²) >= 11 is 0. The lowest BCUT2D eigenvalue weighted by Gasteiger charge is -2.05. The quantitative estimate of drug-likeness (QED) is 0.699. The van der Waals surface area contributed by atoms with Crippen molar-refractivity contribution in [1.82, 2.24) is 9.97 Å². The molecule has 1 rings (SSSR count). The van der Waals surface area contributed by atoms with Crippen molar-refractivity contribution >= 4 is 0 Å². The molecule has 0 aliphatic carbocycles. The number of rotatable bonds is 3. The fraction of sp³-hybridized carbons (Fsp3) is 0.444. The molecule has 0 N–H and O–H groups in total. The van der Waals surface area contributed by atoms with E-state index in [4.69, 9.17) is 10.00 Å². The van der Waals surface area contributed by atoms with E-state index in [9.17, 15) is 0 Å². The average Bonchev–Trinajstić information content (AvgIpc) is 2.15. The van der Waals surface area contributed by atoms with Crippen molar-refractivity contribution in [2.45, 2.75) is 13.8 Å². The summed E-state index contributed by atoms with van der Waals surface area (Å²) in [7, 11) is 0. The first-order chi connectivity index (χ1) is 6.22. The number of nitriles is 1. The molecule has 0 aliphatic heterocycles. The zero-order chi connectivity index (χ0) is 9.68. The summed E-state index contributed by atoms with van der Waals surface area (Å²) in [5, 5.41) is 8.54. The molecule has 0 bridgehead atoms. The van der Waals surface area contributed by atoms with Gasteiger partial charge in [0.05, 0.1) is 6.61 Å². The lowest BCUT2D eigenvalue weighted by molar-refractivity contribution is 0.250. The Kier molecular flexibility index (Phi) is 3.21. The minimum atomic E-state index is 0.271. The summed E-state index contributed by atoms with van der Waals surface area (Å²) in [6.45, 7) is 4.64. The van der Waals surface area contributed by atoms with Crippen molar-refractivity contribution in [2.75, 3.05) is 6.61 Å². The first-order valence-electron chi connectivity index (χ1n) is 4.08. The van der Waals surface area contributed by atoms with Crippen LogP contribution >= 0.6 is 0 Å². The van der Waals surface area contributed by atoms with Gasteiger partial charge in [0.2, 0.25) is 0 Å². The normalized spacial score (nSPS) is 9.69. The minimum Gasteiger partial charge on any atom is -0.463 e. The highest BCUT2D eigenvalue weighted by atomic mass is 16.5. The molecule has 68 valence electrons. The van der Waals surface area contributed by atoms with Gasteiger partial charge in [-0.15, -0.1) is 0 Å². The Balaban J connectivity index is 2.63. The molecule has 0 fully saturated rings. The third-order valence-corrected chi connectivity index (χ3v) is 1.29. The summed E-state index contributed by atoms with van der Waals surface area (Å²) in [5.74, 6) is 0.425. The molecule has 0 aliphatic rings. The second-order valence-electron chi connectivity index (χ2n) is 3.04. The fourth-order valence-electron chi connectivity index (χ4n) is 0.714. The van der Waals surface area contributed by atoms with Crippen LogP contribution in [0, 0.1) is 17.2 Å². The van der Waals surface area contributed by atoms with Crippen molar-refractivity contribution < 1.29 is 4.74 Å².